The van der Waals surface area contributed by atoms with Crippen molar-refractivity contribution in [2.75, 3.05) is 6.54 Å². The number of hydrogen-bond acceptors (Lipinski definition) is 2. The maximum atomic E-state index is 12.7. The Balaban J connectivity index is 2.32. The number of nitrogens with zero attached hydrogens (tertiary/aromatic N) is 1. The fourth-order valence-electron chi connectivity index (χ4n) is 2.79. The van der Waals surface area contributed by atoms with Gasteiger partial charge in [0.05, 0.1) is 6.54 Å². The minimum absolute atomic E-state index is 0.00307. The molecule has 19 heavy (non-hydrogen) atoms. The first-order valence-corrected chi connectivity index (χ1v) is 6.69. The van der Waals surface area contributed by atoms with Gasteiger partial charge in [-0.3, -0.25) is 9.59 Å². The van der Waals surface area contributed by atoms with Crippen molar-refractivity contribution in [2.24, 2.45) is 11.8 Å². The normalized spacial score (nSPS) is 32.2. The SMILES string of the molecule is CC(C)C1NC(=O)C(C)(C2CC2)N(CC(F)F)C1=O. The molecular formula is C13H20F2N2O2. The average molecular weight is 274 g/mol. The van der Waals surface area contributed by atoms with Gasteiger partial charge in [0.2, 0.25) is 11.8 Å². The molecule has 2 amide bonds. The monoisotopic (exact) mass is 274 g/mol. The molecule has 1 aliphatic heterocycles. The highest BCUT2D eigenvalue weighted by molar-refractivity contribution is 6.00. The van der Waals surface area contributed by atoms with Crippen LogP contribution in [-0.2, 0) is 9.59 Å². The fourth-order valence-corrected chi connectivity index (χ4v) is 2.79. The number of rotatable bonds is 4. The number of alkyl halides is 2. The molecule has 0 bridgehead atoms. The zero-order valence-corrected chi connectivity index (χ0v) is 11.5. The second-order valence-corrected chi connectivity index (χ2v) is 5.96. The van der Waals surface area contributed by atoms with Gasteiger partial charge >= 0.3 is 0 Å². The van der Waals surface area contributed by atoms with Crippen molar-refractivity contribution in [3.8, 4) is 0 Å². The van der Waals surface area contributed by atoms with E-state index in [-0.39, 0.29) is 23.7 Å². The zero-order valence-electron chi connectivity index (χ0n) is 11.5. The smallest absolute Gasteiger partial charge is 0.255 e. The molecule has 0 aromatic rings. The van der Waals surface area contributed by atoms with Crippen LogP contribution in [0.5, 0.6) is 0 Å². The molecule has 2 fully saturated rings. The second-order valence-electron chi connectivity index (χ2n) is 5.96. The fraction of sp³-hybridized carbons (Fsp3) is 0.846. The Morgan fingerprint density at radius 2 is 1.95 bits per heavy atom. The van der Waals surface area contributed by atoms with Gasteiger partial charge in [0, 0.05) is 0 Å². The molecule has 2 aliphatic rings. The van der Waals surface area contributed by atoms with Crippen LogP contribution >= 0.6 is 0 Å². The number of carbonyl (C=O) groups is 2. The lowest BCUT2D eigenvalue weighted by Crippen LogP contribution is -2.72. The number of halogens is 2. The van der Waals surface area contributed by atoms with E-state index in [1.54, 1.807) is 20.8 Å². The highest BCUT2D eigenvalue weighted by atomic mass is 19.3. The summed E-state index contributed by atoms with van der Waals surface area (Å²) in [5.74, 6) is -0.790. The third kappa shape index (κ3) is 2.32. The Morgan fingerprint density at radius 3 is 2.37 bits per heavy atom. The molecule has 108 valence electrons. The molecule has 1 N–H and O–H groups in total. The molecular weight excluding hydrogens is 254 g/mol. The van der Waals surface area contributed by atoms with E-state index in [0.717, 1.165) is 17.7 Å². The van der Waals surface area contributed by atoms with Crippen molar-refractivity contribution in [3.63, 3.8) is 0 Å². The standard InChI is InChI=1S/C13H20F2N2O2/c1-7(2)10-11(18)17(6-9(14)15)13(3,8-4-5-8)12(19)16-10/h7-10H,4-6H2,1-3H3,(H,16,19). The van der Waals surface area contributed by atoms with E-state index in [9.17, 15) is 18.4 Å². The van der Waals surface area contributed by atoms with Crippen LogP contribution in [-0.4, -0.2) is 41.3 Å². The molecule has 4 nitrogen and oxygen atoms in total. The molecule has 0 aromatic carbocycles. The lowest BCUT2D eigenvalue weighted by Gasteiger charge is -2.47. The predicted octanol–water partition coefficient (Wildman–Crippen LogP) is 1.40. The van der Waals surface area contributed by atoms with Crippen LogP contribution in [0.2, 0.25) is 0 Å². The van der Waals surface area contributed by atoms with Gasteiger partial charge in [-0.1, -0.05) is 13.8 Å². The first-order valence-electron chi connectivity index (χ1n) is 6.69. The zero-order chi connectivity index (χ0) is 14.4. The first kappa shape index (κ1) is 14.2. The minimum Gasteiger partial charge on any atom is -0.342 e. The Labute approximate surface area is 111 Å². The highest BCUT2D eigenvalue weighted by Gasteiger charge is 2.57. The van der Waals surface area contributed by atoms with E-state index in [0.29, 0.717) is 0 Å². The van der Waals surface area contributed by atoms with Gasteiger partial charge in [0.15, 0.2) is 0 Å². The van der Waals surface area contributed by atoms with Crippen LogP contribution in [0.4, 0.5) is 8.78 Å². The van der Waals surface area contributed by atoms with Crippen molar-refractivity contribution in [3.05, 3.63) is 0 Å². The summed E-state index contributed by atoms with van der Waals surface area (Å²) in [6, 6.07) is -0.696. The molecule has 2 rings (SSSR count). The summed E-state index contributed by atoms with van der Waals surface area (Å²) in [5, 5.41) is 2.71. The summed E-state index contributed by atoms with van der Waals surface area (Å²) in [6.07, 6.45) is -1.01. The van der Waals surface area contributed by atoms with Crippen LogP contribution in [0, 0.1) is 11.8 Å². The average Bonchev–Trinajstić information content (AvgIpc) is 3.12. The molecule has 0 radical (unpaired) electrons. The molecule has 1 saturated heterocycles. The Kier molecular flexibility index (Phi) is 3.53. The Bertz CT molecular complexity index is 396. The maximum absolute atomic E-state index is 12.7. The van der Waals surface area contributed by atoms with Crippen molar-refractivity contribution >= 4 is 11.8 Å². The van der Waals surface area contributed by atoms with Crippen molar-refractivity contribution < 1.29 is 18.4 Å². The number of carbonyl (C=O) groups excluding carboxylic acids is 2. The number of amides is 2. The van der Waals surface area contributed by atoms with E-state index in [1.807, 2.05) is 0 Å². The molecule has 1 aliphatic carbocycles. The lowest BCUT2D eigenvalue weighted by molar-refractivity contribution is -0.162. The van der Waals surface area contributed by atoms with E-state index in [4.69, 9.17) is 0 Å². The summed E-state index contributed by atoms with van der Waals surface area (Å²) in [4.78, 5) is 25.8. The van der Waals surface area contributed by atoms with Crippen molar-refractivity contribution in [2.45, 2.75) is 51.6 Å². The molecule has 1 saturated carbocycles. The highest BCUT2D eigenvalue weighted by Crippen LogP contribution is 2.45. The molecule has 6 heteroatoms. The first-order chi connectivity index (χ1) is 8.78. The van der Waals surface area contributed by atoms with E-state index < -0.39 is 24.6 Å². The largest absolute Gasteiger partial charge is 0.342 e. The topological polar surface area (TPSA) is 49.4 Å². The van der Waals surface area contributed by atoms with Gasteiger partial charge in [-0.05, 0) is 31.6 Å². The van der Waals surface area contributed by atoms with Gasteiger partial charge in [0.1, 0.15) is 11.6 Å². The Morgan fingerprint density at radius 1 is 1.37 bits per heavy atom. The van der Waals surface area contributed by atoms with Crippen LogP contribution in [0.25, 0.3) is 0 Å². The minimum atomic E-state index is -2.62. The number of hydrogen-bond donors (Lipinski definition) is 1. The molecule has 2 unspecified atom stereocenters. The molecule has 2 atom stereocenters. The summed E-state index contributed by atoms with van der Waals surface area (Å²) >= 11 is 0. The van der Waals surface area contributed by atoms with Gasteiger partial charge in [-0.15, -0.1) is 0 Å². The van der Waals surface area contributed by atoms with Gasteiger partial charge in [-0.2, -0.15) is 0 Å². The molecule has 1 heterocycles. The third-order valence-electron chi connectivity index (χ3n) is 4.20. The quantitative estimate of drug-likeness (QED) is 0.842. The van der Waals surface area contributed by atoms with Gasteiger partial charge in [0.25, 0.3) is 6.43 Å². The van der Waals surface area contributed by atoms with Crippen molar-refractivity contribution in [1.82, 2.24) is 10.2 Å². The number of piperazine rings is 1. The number of nitrogens with one attached hydrogen (secondary N) is 1. The summed E-state index contributed by atoms with van der Waals surface area (Å²) in [6.45, 7) is 4.53. The van der Waals surface area contributed by atoms with Gasteiger partial charge < -0.3 is 10.2 Å². The van der Waals surface area contributed by atoms with Crippen LogP contribution in [0.3, 0.4) is 0 Å². The maximum Gasteiger partial charge on any atom is 0.255 e. The van der Waals surface area contributed by atoms with E-state index >= 15 is 0 Å². The third-order valence-corrected chi connectivity index (χ3v) is 4.20. The lowest BCUT2D eigenvalue weighted by atomic mass is 9.86. The molecule has 0 aromatic heterocycles. The van der Waals surface area contributed by atoms with Crippen LogP contribution < -0.4 is 5.32 Å². The summed E-state index contributed by atoms with van der Waals surface area (Å²) < 4.78 is 25.5. The Hall–Kier alpha value is -1.20. The predicted molar refractivity (Wildman–Crippen MR) is 65.6 cm³/mol. The molecule has 0 spiro atoms. The van der Waals surface area contributed by atoms with Crippen LogP contribution in [0.1, 0.15) is 33.6 Å². The van der Waals surface area contributed by atoms with E-state index in [2.05, 4.69) is 5.32 Å². The summed E-state index contributed by atoms with van der Waals surface area (Å²) in [5.41, 5.74) is -1.11. The van der Waals surface area contributed by atoms with Crippen molar-refractivity contribution in [1.29, 1.82) is 0 Å². The second kappa shape index (κ2) is 4.72. The van der Waals surface area contributed by atoms with E-state index in [1.165, 1.54) is 0 Å². The summed E-state index contributed by atoms with van der Waals surface area (Å²) in [7, 11) is 0. The van der Waals surface area contributed by atoms with Crippen LogP contribution in [0.15, 0.2) is 0 Å². The van der Waals surface area contributed by atoms with Gasteiger partial charge in [-0.25, -0.2) is 8.78 Å².